The van der Waals surface area contributed by atoms with Crippen molar-refractivity contribution >= 4 is 5.91 Å². The summed E-state index contributed by atoms with van der Waals surface area (Å²) >= 11 is 0. The summed E-state index contributed by atoms with van der Waals surface area (Å²) in [6.45, 7) is 4.12. The molecule has 0 aromatic rings. The summed E-state index contributed by atoms with van der Waals surface area (Å²) in [6.07, 6.45) is -2.17. The van der Waals surface area contributed by atoms with Crippen molar-refractivity contribution in [3.63, 3.8) is 0 Å². The van der Waals surface area contributed by atoms with Crippen molar-refractivity contribution < 1.29 is 23.1 Å². The molecule has 16 heavy (non-hydrogen) atoms. The number of nitrogens with one attached hydrogen (secondary N) is 1. The number of halogens is 3. The Hall–Kier alpha value is -0.780. The van der Waals surface area contributed by atoms with Gasteiger partial charge in [0.1, 0.15) is 0 Å². The first-order chi connectivity index (χ1) is 7.48. The van der Waals surface area contributed by atoms with Gasteiger partial charge in [-0.15, -0.1) is 0 Å². The van der Waals surface area contributed by atoms with Crippen LogP contribution in [0.3, 0.4) is 0 Å². The smallest absolute Gasteiger partial charge is 0.396 e. The van der Waals surface area contributed by atoms with Crippen LogP contribution in [0.4, 0.5) is 13.2 Å². The minimum atomic E-state index is -4.79. The SMILES string of the molecule is CC.O=C(NCCCCCCO)C(F)(F)F. The maximum atomic E-state index is 11.6. The number of aliphatic hydroxyl groups is 1. The Balaban J connectivity index is 0. The molecule has 0 aliphatic rings. The van der Waals surface area contributed by atoms with Gasteiger partial charge in [0, 0.05) is 13.2 Å². The molecule has 0 radical (unpaired) electrons. The van der Waals surface area contributed by atoms with E-state index in [2.05, 4.69) is 0 Å². The minimum absolute atomic E-state index is 0.0315. The quantitative estimate of drug-likeness (QED) is 0.703. The van der Waals surface area contributed by atoms with Gasteiger partial charge in [0.05, 0.1) is 0 Å². The third-order valence-corrected chi connectivity index (χ3v) is 1.63. The topological polar surface area (TPSA) is 49.3 Å². The highest BCUT2D eigenvalue weighted by Gasteiger charge is 2.37. The number of alkyl halides is 3. The number of hydrogen-bond donors (Lipinski definition) is 2. The molecule has 0 bridgehead atoms. The van der Waals surface area contributed by atoms with Gasteiger partial charge in [-0.2, -0.15) is 13.2 Å². The molecule has 0 aliphatic carbocycles. The van der Waals surface area contributed by atoms with Gasteiger partial charge in [0.15, 0.2) is 0 Å². The summed E-state index contributed by atoms with van der Waals surface area (Å²) in [4.78, 5) is 10.3. The molecule has 2 N–H and O–H groups in total. The number of aliphatic hydroxyl groups excluding tert-OH is 1. The van der Waals surface area contributed by atoms with E-state index in [0.717, 1.165) is 6.42 Å². The molecular formula is C10H20F3NO2. The van der Waals surface area contributed by atoms with Crippen molar-refractivity contribution in [2.75, 3.05) is 13.2 Å². The Labute approximate surface area is 94.0 Å². The molecule has 0 rings (SSSR count). The minimum Gasteiger partial charge on any atom is -0.396 e. The number of carbonyl (C=O) groups is 1. The van der Waals surface area contributed by atoms with Crippen molar-refractivity contribution in [2.45, 2.75) is 45.7 Å². The first-order valence-electron chi connectivity index (χ1n) is 5.44. The Kier molecular flexibility index (Phi) is 11.8. The van der Waals surface area contributed by atoms with Crippen molar-refractivity contribution in [3.05, 3.63) is 0 Å². The van der Waals surface area contributed by atoms with E-state index in [4.69, 9.17) is 5.11 Å². The zero-order valence-electron chi connectivity index (χ0n) is 9.73. The average molecular weight is 243 g/mol. The Morgan fingerprint density at radius 1 is 1.12 bits per heavy atom. The van der Waals surface area contributed by atoms with Crippen LogP contribution in [0, 0.1) is 0 Å². The van der Waals surface area contributed by atoms with Crippen molar-refractivity contribution in [1.82, 2.24) is 5.32 Å². The van der Waals surface area contributed by atoms with E-state index in [9.17, 15) is 18.0 Å². The van der Waals surface area contributed by atoms with Gasteiger partial charge in [-0.25, -0.2) is 0 Å². The summed E-state index contributed by atoms with van der Waals surface area (Å²) < 4.78 is 34.9. The highest BCUT2D eigenvalue weighted by molar-refractivity contribution is 5.81. The predicted octanol–water partition coefficient (Wildman–Crippen LogP) is 2.24. The van der Waals surface area contributed by atoms with Gasteiger partial charge in [0.2, 0.25) is 0 Å². The lowest BCUT2D eigenvalue weighted by Crippen LogP contribution is -2.37. The molecule has 0 saturated heterocycles. The molecule has 0 aromatic carbocycles. The Morgan fingerprint density at radius 3 is 2.06 bits per heavy atom. The molecule has 1 amide bonds. The summed E-state index contributed by atoms with van der Waals surface area (Å²) in [5.41, 5.74) is 0. The highest BCUT2D eigenvalue weighted by atomic mass is 19.4. The fourth-order valence-electron chi connectivity index (χ4n) is 0.892. The van der Waals surface area contributed by atoms with E-state index in [0.29, 0.717) is 19.3 Å². The lowest BCUT2D eigenvalue weighted by atomic mass is 10.2. The van der Waals surface area contributed by atoms with Crippen LogP contribution in [0.15, 0.2) is 0 Å². The Bertz CT molecular complexity index is 172. The van der Waals surface area contributed by atoms with Crippen LogP contribution in [0.2, 0.25) is 0 Å². The monoisotopic (exact) mass is 243 g/mol. The third kappa shape index (κ3) is 11.3. The second kappa shape index (κ2) is 10.7. The summed E-state index contributed by atoms with van der Waals surface area (Å²) in [5, 5.41) is 10.2. The molecule has 0 saturated carbocycles. The lowest BCUT2D eigenvalue weighted by Gasteiger charge is -2.07. The molecule has 0 unspecified atom stereocenters. The van der Waals surface area contributed by atoms with Crippen molar-refractivity contribution in [2.24, 2.45) is 0 Å². The lowest BCUT2D eigenvalue weighted by molar-refractivity contribution is -0.173. The molecule has 98 valence electrons. The van der Waals surface area contributed by atoms with Crippen LogP contribution in [0.5, 0.6) is 0 Å². The van der Waals surface area contributed by atoms with Crippen molar-refractivity contribution in [1.29, 1.82) is 0 Å². The number of carbonyl (C=O) groups excluding carboxylic acids is 1. The number of unbranched alkanes of at least 4 members (excludes halogenated alkanes) is 3. The largest absolute Gasteiger partial charge is 0.471 e. The van der Waals surface area contributed by atoms with E-state index in [1.54, 1.807) is 5.32 Å². The molecular weight excluding hydrogens is 223 g/mol. The average Bonchev–Trinajstić information content (AvgIpc) is 2.24. The van der Waals surface area contributed by atoms with Crippen LogP contribution in [-0.4, -0.2) is 30.3 Å². The zero-order valence-corrected chi connectivity index (χ0v) is 9.73. The standard InChI is InChI=1S/C8H14F3NO2.C2H6/c9-8(10,11)7(14)12-5-3-1-2-4-6-13;1-2/h13H,1-6H2,(H,12,14);1-2H3. The Morgan fingerprint density at radius 2 is 1.62 bits per heavy atom. The molecule has 0 aliphatic heterocycles. The first-order valence-corrected chi connectivity index (χ1v) is 5.44. The van der Waals surface area contributed by atoms with Crippen LogP contribution in [0.25, 0.3) is 0 Å². The van der Waals surface area contributed by atoms with Gasteiger partial charge in [-0.3, -0.25) is 4.79 Å². The van der Waals surface area contributed by atoms with E-state index in [1.165, 1.54) is 0 Å². The van der Waals surface area contributed by atoms with Crippen LogP contribution in [-0.2, 0) is 4.79 Å². The summed E-state index contributed by atoms with van der Waals surface area (Å²) in [6, 6.07) is 0. The number of rotatable bonds is 6. The summed E-state index contributed by atoms with van der Waals surface area (Å²) in [7, 11) is 0. The fourth-order valence-corrected chi connectivity index (χ4v) is 0.892. The van der Waals surface area contributed by atoms with Crippen LogP contribution >= 0.6 is 0 Å². The normalized spacial score (nSPS) is 10.4. The van der Waals surface area contributed by atoms with Gasteiger partial charge in [-0.05, 0) is 12.8 Å². The van der Waals surface area contributed by atoms with Gasteiger partial charge in [0.25, 0.3) is 0 Å². The zero-order chi connectivity index (χ0) is 13.0. The predicted molar refractivity (Wildman–Crippen MR) is 56.0 cm³/mol. The molecule has 0 atom stereocenters. The number of amides is 1. The first kappa shape index (κ1) is 17.6. The third-order valence-electron chi connectivity index (χ3n) is 1.63. The number of hydrogen-bond acceptors (Lipinski definition) is 2. The van der Waals surface area contributed by atoms with Gasteiger partial charge < -0.3 is 10.4 Å². The summed E-state index contributed by atoms with van der Waals surface area (Å²) in [5.74, 6) is -1.89. The molecule has 0 heterocycles. The van der Waals surface area contributed by atoms with Crippen LogP contribution < -0.4 is 5.32 Å². The molecule has 0 spiro atoms. The molecule has 6 heteroatoms. The van der Waals surface area contributed by atoms with Crippen molar-refractivity contribution in [3.8, 4) is 0 Å². The van der Waals surface area contributed by atoms with Crippen LogP contribution in [0.1, 0.15) is 39.5 Å². The highest BCUT2D eigenvalue weighted by Crippen LogP contribution is 2.13. The van der Waals surface area contributed by atoms with E-state index in [-0.39, 0.29) is 13.2 Å². The maximum Gasteiger partial charge on any atom is 0.471 e. The molecule has 0 fully saturated rings. The van der Waals surface area contributed by atoms with Gasteiger partial charge >= 0.3 is 12.1 Å². The molecule has 0 aromatic heterocycles. The maximum absolute atomic E-state index is 11.6. The van der Waals surface area contributed by atoms with E-state index >= 15 is 0 Å². The van der Waals surface area contributed by atoms with E-state index < -0.39 is 12.1 Å². The fraction of sp³-hybridized carbons (Fsp3) is 0.900. The van der Waals surface area contributed by atoms with Gasteiger partial charge in [-0.1, -0.05) is 26.7 Å². The second-order valence-corrected chi connectivity index (χ2v) is 2.89. The molecule has 3 nitrogen and oxygen atoms in total. The second-order valence-electron chi connectivity index (χ2n) is 2.89. The van der Waals surface area contributed by atoms with E-state index in [1.807, 2.05) is 13.8 Å².